The average Bonchev–Trinajstić information content (AvgIpc) is 3.96. The number of H-pyrrole nitrogens is 2. The molecule has 6 heterocycles. The molecule has 0 spiro atoms. The summed E-state index contributed by atoms with van der Waals surface area (Å²) >= 11 is 0. The van der Waals surface area contributed by atoms with E-state index in [4.69, 9.17) is 0 Å². The lowest BCUT2D eigenvalue weighted by Gasteiger charge is -2.12. The molecular formula is C61H53N11O4. The average molecular weight is 1000 g/mol. The molecule has 2 N–H and O–H groups in total. The summed E-state index contributed by atoms with van der Waals surface area (Å²) in [5.74, 6) is 0.254. The zero-order chi connectivity index (χ0) is 53.4. The highest BCUT2D eigenvalue weighted by Crippen LogP contribution is 2.30. The third-order valence-corrected chi connectivity index (χ3v) is 14.5. The molecule has 0 saturated carbocycles. The summed E-state index contributed by atoms with van der Waals surface area (Å²) < 4.78 is 5.30. The van der Waals surface area contributed by atoms with Crippen LogP contribution in [0.5, 0.6) is 0 Å². The van der Waals surface area contributed by atoms with Crippen molar-refractivity contribution in [2.75, 3.05) is 0 Å². The van der Waals surface area contributed by atoms with Gasteiger partial charge in [0.2, 0.25) is 5.95 Å². The molecule has 0 aliphatic carbocycles. The number of fused-ring (bicyclic) bond motifs is 4. The molecule has 6 aromatic heterocycles. The minimum absolute atomic E-state index is 0.00206. The molecule has 0 unspecified atom stereocenters. The summed E-state index contributed by atoms with van der Waals surface area (Å²) in [6, 6.07) is 36.4. The maximum atomic E-state index is 13.9. The van der Waals surface area contributed by atoms with E-state index in [0.717, 1.165) is 86.6 Å². The van der Waals surface area contributed by atoms with Crippen LogP contribution in [0, 0.1) is 69.2 Å². The number of aromatic amines is 2. The quantitative estimate of drug-likeness (QED) is 0.164. The topological polar surface area (TPSA) is 184 Å². The first-order valence-electron chi connectivity index (χ1n) is 24.9. The number of aryl methyl sites for hydroxylation is 10. The van der Waals surface area contributed by atoms with Gasteiger partial charge in [0.25, 0.3) is 11.1 Å². The molecule has 0 aliphatic heterocycles. The van der Waals surface area contributed by atoms with Gasteiger partial charge in [0.1, 0.15) is 5.82 Å². The SMILES string of the molecule is Cc1cc2cc(C)c(-n3nc(C)c4[nH]c(=O)n(-c5ccc(-c6ccccc6C)cn5)c(=O)c43)cc2cc1C.Cc1cc2cc(C)c(-n3nc(C)c4[nH]c(=O)n(-c5ncc(-c6ccccc6C)cn5)c(=O)c43)cc2cc1C. The van der Waals surface area contributed by atoms with Crippen molar-refractivity contribution in [2.24, 2.45) is 0 Å². The van der Waals surface area contributed by atoms with Crippen LogP contribution >= 0.6 is 0 Å². The first kappa shape index (κ1) is 48.6. The molecule has 0 bridgehead atoms. The molecule has 376 valence electrons. The number of hydrogen-bond acceptors (Lipinski definition) is 9. The van der Waals surface area contributed by atoms with Gasteiger partial charge >= 0.3 is 11.4 Å². The molecule has 0 saturated heterocycles. The molecule has 76 heavy (non-hydrogen) atoms. The second kappa shape index (κ2) is 18.7. The summed E-state index contributed by atoms with van der Waals surface area (Å²) in [6.07, 6.45) is 4.94. The molecule has 6 aromatic carbocycles. The van der Waals surface area contributed by atoms with E-state index in [0.29, 0.717) is 27.9 Å². The normalized spacial score (nSPS) is 11.5. The first-order valence-corrected chi connectivity index (χ1v) is 24.9. The lowest BCUT2D eigenvalue weighted by Crippen LogP contribution is -2.35. The molecule has 15 heteroatoms. The number of nitrogens with zero attached hydrogens (tertiary/aromatic N) is 9. The molecule has 0 amide bonds. The Kier molecular flexibility index (Phi) is 12.0. The summed E-state index contributed by atoms with van der Waals surface area (Å²) in [5, 5.41) is 13.7. The summed E-state index contributed by atoms with van der Waals surface area (Å²) in [6.45, 7) is 20.0. The van der Waals surface area contributed by atoms with Crippen molar-refractivity contribution in [2.45, 2.75) is 69.2 Å². The van der Waals surface area contributed by atoms with Crippen LogP contribution in [-0.4, -0.2) is 53.6 Å². The number of pyridine rings is 1. The van der Waals surface area contributed by atoms with Gasteiger partial charge in [-0.15, -0.1) is 0 Å². The molecule has 0 radical (unpaired) electrons. The largest absolute Gasteiger partial charge is 0.336 e. The molecule has 0 aliphatic rings. The van der Waals surface area contributed by atoms with Crippen LogP contribution in [0.25, 0.3) is 89.0 Å². The molecule has 12 aromatic rings. The molecule has 15 nitrogen and oxygen atoms in total. The summed E-state index contributed by atoms with van der Waals surface area (Å²) in [5.41, 5.74) is 14.6. The second-order valence-electron chi connectivity index (χ2n) is 19.7. The standard InChI is InChI=1S/C31H27N5O2.C30H26N6O2/c1-17-8-6-7-9-25(17)22-10-11-27(32-16-22)35-30(37)29-28(33-31(35)38)21(5)34-36(29)26-15-24-13-19(3)18(2)12-23(24)14-20(26)4;1-16-8-6-7-9-24(16)23-14-31-29(32-15-23)35-28(37)27-26(33-30(35)38)20(5)34-36(27)25-13-22-11-18(3)17(2)10-21(22)12-19(25)4/h6-16H,1-5H3,(H,33,38);6-15H,1-5H3,(H,33,38). The molecule has 0 fully saturated rings. The summed E-state index contributed by atoms with van der Waals surface area (Å²) in [7, 11) is 0. The van der Waals surface area contributed by atoms with Gasteiger partial charge in [0, 0.05) is 29.7 Å². The van der Waals surface area contributed by atoms with E-state index in [2.05, 4.69) is 99.2 Å². The Hall–Kier alpha value is -9.63. The lowest BCUT2D eigenvalue weighted by atomic mass is 10.00. The maximum absolute atomic E-state index is 13.9. The fraction of sp³-hybridized carbons (Fsp3) is 0.164. The van der Waals surface area contributed by atoms with Gasteiger partial charge in [-0.1, -0.05) is 72.8 Å². The minimum atomic E-state index is -0.616. The van der Waals surface area contributed by atoms with Crippen LogP contribution in [0.1, 0.15) is 55.9 Å². The molecule has 0 atom stereocenters. The fourth-order valence-electron chi connectivity index (χ4n) is 10.1. The Labute approximate surface area is 435 Å². The van der Waals surface area contributed by atoms with Gasteiger partial charge in [-0.05, 0) is 183 Å². The van der Waals surface area contributed by atoms with Crippen molar-refractivity contribution in [3.63, 3.8) is 0 Å². The fourth-order valence-corrected chi connectivity index (χ4v) is 10.1. The lowest BCUT2D eigenvalue weighted by molar-refractivity contribution is 0.815. The van der Waals surface area contributed by atoms with Gasteiger partial charge in [0.05, 0.1) is 33.8 Å². The van der Waals surface area contributed by atoms with Crippen molar-refractivity contribution >= 4 is 43.6 Å². The predicted molar refractivity (Wildman–Crippen MR) is 301 cm³/mol. The highest BCUT2D eigenvalue weighted by molar-refractivity contribution is 5.90. The van der Waals surface area contributed by atoms with Crippen LogP contribution < -0.4 is 22.5 Å². The Bertz CT molecular complexity index is 4320. The van der Waals surface area contributed by atoms with Crippen LogP contribution in [0.3, 0.4) is 0 Å². The van der Waals surface area contributed by atoms with Crippen molar-refractivity contribution in [3.05, 3.63) is 225 Å². The first-order chi connectivity index (χ1) is 36.4. The Morgan fingerprint density at radius 3 is 1.24 bits per heavy atom. The highest BCUT2D eigenvalue weighted by atomic mass is 16.2. The van der Waals surface area contributed by atoms with Gasteiger partial charge in [0.15, 0.2) is 11.0 Å². The van der Waals surface area contributed by atoms with E-state index in [-0.39, 0.29) is 17.3 Å². The smallest absolute Gasteiger partial charge is 0.303 e. The van der Waals surface area contributed by atoms with Gasteiger partial charge in [-0.25, -0.2) is 38.5 Å². The van der Waals surface area contributed by atoms with Crippen molar-refractivity contribution < 1.29 is 0 Å². The van der Waals surface area contributed by atoms with E-state index >= 15 is 0 Å². The number of hydrogen-bond donors (Lipinski definition) is 2. The van der Waals surface area contributed by atoms with Crippen molar-refractivity contribution in [1.29, 1.82) is 0 Å². The van der Waals surface area contributed by atoms with Gasteiger partial charge < -0.3 is 9.97 Å². The number of rotatable bonds is 6. The van der Waals surface area contributed by atoms with E-state index in [1.807, 2.05) is 94.4 Å². The predicted octanol–water partition coefficient (Wildman–Crippen LogP) is 10.6. The Morgan fingerprint density at radius 1 is 0.395 bits per heavy atom. The van der Waals surface area contributed by atoms with E-state index < -0.39 is 22.5 Å². The maximum Gasteiger partial charge on any atom is 0.336 e. The van der Waals surface area contributed by atoms with Crippen molar-refractivity contribution in [3.8, 4) is 45.4 Å². The van der Waals surface area contributed by atoms with E-state index in [1.165, 1.54) is 22.3 Å². The van der Waals surface area contributed by atoms with Crippen LogP contribution in [0.4, 0.5) is 0 Å². The van der Waals surface area contributed by atoms with Gasteiger partial charge in [-0.3, -0.25) is 9.59 Å². The number of nitrogens with one attached hydrogen (secondary N) is 2. The third-order valence-electron chi connectivity index (χ3n) is 14.5. The Balaban J connectivity index is 0.000000162. The van der Waals surface area contributed by atoms with E-state index in [1.54, 1.807) is 47.9 Å². The van der Waals surface area contributed by atoms with Crippen molar-refractivity contribution in [1.82, 2.24) is 53.6 Å². The minimum Gasteiger partial charge on any atom is -0.303 e. The third kappa shape index (κ3) is 8.31. The summed E-state index contributed by atoms with van der Waals surface area (Å²) in [4.78, 5) is 72.8. The van der Waals surface area contributed by atoms with Gasteiger partial charge in [-0.2, -0.15) is 14.8 Å². The monoisotopic (exact) mass is 1000 g/mol. The highest BCUT2D eigenvalue weighted by Gasteiger charge is 2.23. The number of benzene rings is 6. The van der Waals surface area contributed by atoms with Crippen LogP contribution in [0.2, 0.25) is 0 Å². The second-order valence-corrected chi connectivity index (χ2v) is 19.7. The number of aromatic nitrogens is 11. The van der Waals surface area contributed by atoms with E-state index in [9.17, 15) is 19.2 Å². The zero-order valence-corrected chi connectivity index (χ0v) is 43.8. The molecular weight excluding hydrogens is 951 g/mol. The van der Waals surface area contributed by atoms with Crippen LogP contribution in [-0.2, 0) is 0 Å². The van der Waals surface area contributed by atoms with Crippen LogP contribution in [0.15, 0.2) is 147 Å². The zero-order valence-electron chi connectivity index (χ0n) is 43.8. The molecule has 12 rings (SSSR count). The Morgan fingerprint density at radius 2 is 0.789 bits per heavy atom.